The van der Waals surface area contributed by atoms with Crippen LogP contribution in [0.3, 0.4) is 0 Å². The van der Waals surface area contributed by atoms with Crippen molar-refractivity contribution in [2.24, 2.45) is 17.1 Å². The second kappa shape index (κ2) is 6.19. The first-order chi connectivity index (χ1) is 7.90. The van der Waals surface area contributed by atoms with Crippen LogP contribution in [0.2, 0.25) is 0 Å². The van der Waals surface area contributed by atoms with Gasteiger partial charge in [0, 0.05) is 12.1 Å². The molecule has 0 spiro atoms. The molecule has 2 heteroatoms. The normalized spacial score (nSPS) is 30.9. The molecule has 1 fully saturated rings. The predicted octanol–water partition coefficient (Wildman–Crippen LogP) is 3.26. The molecule has 0 saturated heterocycles. The van der Waals surface area contributed by atoms with Gasteiger partial charge >= 0.3 is 0 Å². The van der Waals surface area contributed by atoms with Gasteiger partial charge in [-0.25, -0.2) is 0 Å². The monoisotopic (exact) mass is 240 g/mol. The molecule has 102 valence electrons. The van der Waals surface area contributed by atoms with Gasteiger partial charge in [-0.2, -0.15) is 0 Å². The maximum Gasteiger partial charge on any atom is 0.0249 e. The average molecular weight is 240 g/mol. The molecule has 1 rings (SSSR count). The van der Waals surface area contributed by atoms with Gasteiger partial charge in [-0.05, 0) is 50.1 Å². The first kappa shape index (κ1) is 15.0. The largest absolute Gasteiger partial charge is 0.326 e. The summed E-state index contributed by atoms with van der Waals surface area (Å²) in [4.78, 5) is 2.60. The Kier molecular flexibility index (Phi) is 5.46. The van der Waals surface area contributed by atoms with E-state index in [1.54, 1.807) is 0 Å². The molecule has 17 heavy (non-hydrogen) atoms. The van der Waals surface area contributed by atoms with Crippen LogP contribution in [0.5, 0.6) is 0 Å². The molecule has 0 aromatic rings. The van der Waals surface area contributed by atoms with E-state index >= 15 is 0 Å². The van der Waals surface area contributed by atoms with E-state index in [2.05, 4.69) is 39.5 Å². The second-order valence-electron chi connectivity index (χ2n) is 6.74. The van der Waals surface area contributed by atoms with Crippen LogP contribution in [0.1, 0.15) is 60.3 Å². The maximum absolute atomic E-state index is 6.35. The summed E-state index contributed by atoms with van der Waals surface area (Å²) in [5, 5.41) is 0. The molecule has 0 aliphatic heterocycles. The highest BCUT2D eigenvalue weighted by Crippen LogP contribution is 2.38. The number of likely N-dealkylation sites (N-methyl/N-ethyl adjacent to an activating group) is 1. The zero-order valence-electron chi connectivity index (χ0n) is 12.5. The lowest BCUT2D eigenvalue weighted by Crippen LogP contribution is -2.52. The summed E-state index contributed by atoms with van der Waals surface area (Å²) in [5.41, 5.74) is 6.78. The molecule has 0 bridgehead atoms. The third kappa shape index (κ3) is 3.96. The Bertz CT molecular complexity index is 219. The molecule has 1 aliphatic carbocycles. The van der Waals surface area contributed by atoms with Crippen LogP contribution >= 0.6 is 0 Å². The molecule has 3 unspecified atom stereocenters. The number of rotatable bonds is 4. The van der Waals surface area contributed by atoms with Crippen molar-refractivity contribution in [2.45, 2.75) is 72.4 Å². The highest BCUT2D eigenvalue weighted by atomic mass is 15.2. The van der Waals surface area contributed by atoms with Crippen LogP contribution < -0.4 is 5.73 Å². The maximum atomic E-state index is 6.35. The van der Waals surface area contributed by atoms with Gasteiger partial charge in [0.15, 0.2) is 0 Å². The fraction of sp³-hybridized carbons (Fsp3) is 1.00. The third-order valence-corrected chi connectivity index (χ3v) is 4.48. The fourth-order valence-electron chi connectivity index (χ4n) is 3.22. The molecule has 3 atom stereocenters. The van der Waals surface area contributed by atoms with Crippen LogP contribution in [-0.2, 0) is 0 Å². The van der Waals surface area contributed by atoms with Crippen LogP contribution in [0, 0.1) is 11.3 Å². The van der Waals surface area contributed by atoms with Crippen molar-refractivity contribution in [3.05, 3.63) is 0 Å². The standard InChI is InChI=1S/C15H32N2/c1-6-10-17(7-2)14-11-12(15(3,4)5)8-9-13(14)16/h12-14H,6-11,16H2,1-5H3. The summed E-state index contributed by atoms with van der Waals surface area (Å²) in [7, 11) is 0. The predicted molar refractivity (Wildman–Crippen MR) is 76.1 cm³/mol. The Morgan fingerprint density at radius 1 is 1.18 bits per heavy atom. The number of hydrogen-bond donors (Lipinski definition) is 1. The molecule has 0 heterocycles. The first-order valence-corrected chi connectivity index (χ1v) is 7.39. The smallest absolute Gasteiger partial charge is 0.0249 e. The van der Waals surface area contributed by atoms with E-state index < -0.39 is 0 Å². The first-order valence-electron chi connectivity index (χ1n) is 7.39. The van der Waals surface area contributed by atoms with Gasteiger partial charge in [-0.15, -0.1) is 0 Å². The lowest BCUT2D eigenvalue weighted by atomic mass is 9.69. The van der Waals surface area contributed by atoms with Crippen LogP contribution in [0.25, 0.3) is 0 Å². The highest BCUT2D eigenvalue weighted by Gasteiger charge is 2.36. The summed E-state index contributed by atoms with van der Waals surface area (Å²) in [6.07, 6.45) is 5.04. The Hall–Kier alpha value is -0.0800. The SMILES string of the molecule is CCCN(CC)C1CC(C(C)(C)C)CCC1N. The van der Waals surface area contributed by atoms with E-state index in [1.165, 1.54) is 32.2 Å². The molecule has 0 aromatic carbocycles. The molecule has 0 aromatic heterocycles. The summed E-state index contributed by atoms with van der Waals surface area (Å²) in [6.45, 7) is 14.0. The van der Waals surface area contributed by atoms with Crippen molar-refractivity contribution in [2.75, 3.05) is 13.1 Å². The van der Waals surface area contributed by atoms with E-state index in [1.807, 2.05) is 0 Å². The quantitative estimate of drug-likeness (QED) is 0.817. The van der Waals surface area contributed by atoms with Gasteiger partial charge in [0.05, 0.1) is 0 Å². The summed E-state index contributed by atoms with van der Waals surface area (Å²) in [5.74, 6) is 0.832. The average Bonchev–Trinajstić information content (AvgIpc) is 2.25. The third-order valence-electron chi connectivity index (χ3n) is 4.48. The Balaban J connectivity index is 2.68. The molecular weight excluding hydrogens is 208 g/mol. The second-order valence-corrected chi connectivity index (χ2v) is 6.74. The van der Waals surface area contributed by atoms with E-state index in [0.29, 0.717) is 17.5 Å². The van der Waals surface area contributed by atoms with E-state index in [0.717, 1.165) is 12.5 Å². The van der Waals surface area contributed by atoms with Crippen molar-refractivity contribution in [3.8, 4) is 0 Å². The van der Waals surface area contributed by atoms with E-state index in [4.69, 9.17) is 5.73 Å². The van der Waals surface area contributed by atoms with Crippen LogP contribution in [0.4, 0.5) is 0 Å². The van der Waals surface area contributed by atoms with Crippen molar-refractivity contribution < 1.29 is 0 Å². The minimum Gasteiger partial charge on any atom is -0.326 e. The van der Waals surface area contributed by atoms with Gasteiger partial charge in [-0.3, -0.25) is 4.90 Å². The Morgan fingerprint density at radius 2 is 1.82 bits per heavy atom. The van der Waals surface area contributed by atoms with Crippen molar-refractivity contribution in [1.29, 1.82) is 0 Å². The lowest BCUT2D eigenvalue weighted by Gasteiger charge is -2.45. The Labute approximate surface area is 108 Å². The number of hydrogen-bond acceptors (Lipinski definition) is 2. The molecule has 2 nitrogen and oxygen atoms in total. The fourth-order valence-corrected chi connectivity index (χ4v) is 3.22. The van der Waals surface area contributed by atoms with Crippen molar-refractivity contribution >= 4 is 0 Å². The van der Waals surface area contributed by atoms with Crippen molar-refractivity contribution in [1.82, 2.24) is 4.90 Å². The molecule has 0 radical (unpaired) electrons. The van der Waals surface area contributed by atoms with Gasteiger partial charge in [0.2, 0.25) is 0 Å². The molecule has 2 N–H and O–H groups in total. The Morgan fingerprint density at radius 3 is 2.29 bits per heavy atom. The van der Waals surface area contributed by atoms with Gasteiger partial charge in [-0.1, -0.05) is 34.6 Å². The zero-order valence-corrected chi connectivity index (χ0v) is 12.5. The summed E-state index contributed by atoms with van der Waals surface area (Å²) < 4.78 is 0. The van der Waals surface area contributed by atoms with Gasteiger partial charge in [0.25, 0.3) is 0 Å². The van der Waals surface area contributed by atoms with Gasteiger partial charge in [0.1, 0.15) is 0 Å². The minimum absolute atomic E-state index is 0.389. The zero-order chi connectivity index (χ0) is 13.1. The van der Waals surface area contributed by atoms with Crippen LogP contribution in [0.15, 0.2) is 0 Å². The molecular formula is C15H32N2. The van der Waals surface area contributed by atoms with E-state index in [9.17, 15) is 0 Å². The summed E-state index contributed by atoms with van der Waals surface area (Å²) in [6, 6.07) is 0.998. The lowest BCUT2D eigenvalue weighted by molar-refractivity contribution is 0.0723. The molecule has 0 amide bonds. The number of nitrogens with two attached hydrogens (primary N) is 1. The van der Waals surface area contributed by atoms with E-state index in [-0.39, 0.29) is 0 Å². The topological polar surface area (TPSA) is 29.3 Å². The highest BCUT2D eigenvalue weighted by molar-refractivity contribution is 4.92. The minimum atomic E-state index is 0.389. The number of nitrogens with zero attached hydrogens (tertiary/aromatic N) is 1. The van der Waals surface area contributed by atoms with Gasteiger partial charge < -0.3 is 5.73 Å². The van der Waals surface area contributed by atoms with Crippen molar-refractivity contribution in [3.63, 3.8) is 0 Å². The summed E-state index contributed by atoms with van der Waals surface area (Å²) >= 11 is 0. The molecule has 1 saturated carbocycles. The van der Waals surface area contributed by atoms with Crippen LogP contribution in [-0.4, -0.2) is 30.1 Å². The molecule has 1 aliphatic rings.